The molecular weight excluding hydrogens is 248 g/mol. The summed E-state index contributed by atoms with van der Waals surface area (Å²) in [7, 11) is 1.34. The standard InChI is InChI=1S/C14H16O5/c1-14-8(6-12(16)17)4-3-5-9(14)10(15)7-11(19-2)13(14)18/h3-4,7-9H,5-6H2,1-2H3,(H,16,17)/t8-,9+,14+/m1/s1. The molecule has 0 aromatic heterocycles. The van der Waals surface area contributed by atoms with Crippen LogP contribution in [0.15, 0.2) is 24.0 Å². The lowest BCUT2D eigenvalue weighted by Gasteiger charge is -2.44. The maximum atomic E-state index is 12.5. The molecule has 0 fully saturated rings. The first-order valence-corrected chi connectivity index (χ1v) is 6.14. The molecule has 1 N–H and O–H groups in total. The van der Waals surface area contributed by atoms with E-state index in [-0.39, 0.29) is 23.7 Å². The Hall–Kier alpha value is -1.91. The highest BCUT2D eigenvalue weighted by atomic mass is 16.5. The molecule has 2 rings (SSSR count). The summed E-state index contributed by atoms with van der Waals surface area (Å²) in [4.78, 5) is 35.5. The van der Waals surface area contributed by atoms with E-state index in [4.69, 9.17) is 9.84 Å². The largest absolute Gasteiger partial charge is 0.493 e. The zero-order valence-corrected chi connectivity index (χ0v) is 10.9. The predicted octanol–water partition coefficient (Wildman–Crippen LogP) is 1.34. The van der Waals surface area contributed by atoms with Crippen LogP contribution in [0.4, 0.5) is 0 Å². The van der Waals surface area contributed by atoms with E-state index in [1.165, 1.54) is 13.2 Å². The zero-order chi connectivity index (χ0) is 14.2. The van der Waals surface area contributed by atoms with Gasteiger partial charge < -0.3 is 9.84 Å². The second-order valence-corrected chi connectivity index (χ2v) is 5.15. The van der Waals surface area contributed by atoms with Crippen LogP contribution in [-0.2, 0) is 19.1 Å². The first-order chi connectivity index (χ1) is 8.91. The van der Waals surface area contributed by atoms with E-state index < -0.39 is 23.2 Å². The Balaban J connectivity index is 2.48. The molecule has 0 saturated carbocycles. The fraction of sp³-hybridized carbons (Fsp3) is 0.500. The first-order valence-electron chi connectivity index (χ1n) is 6.14. The summed E-state index contributed by atoms with van der Waals surface area (Å²) in [5.74, 6) is -2.39. The molecule has 3 atom stereocenters. The number of hydrogen-bond donors (Lipinski definition) is 1. The summed E-state index contributed by atoms with van der Waals surface area (Å²) in [5.41, 5.74) is -1.02. The Morgan fingerprint density at radius 2 is 2.21 bits per heavy atom. The second-order valence-electron chi connectivity index (χ2n) is 5.15. The Kier molecular flexibility index (Phi) is 3.30. The van der Waals surface area contributed by atoms with Gasteiger partial charge in [0.1, 0.15) is 0 Å². The Morgan fingerprint density at radius 3 is 2.79 bits per heavy atom. The lowest BCUT2D eigenvalue weighted by atomic mass is 9.57. The predicted molar refractivity (Wildman–Crippen MR) is 66.2 cm³/mol. The van der Waals surface area contributed by atoms with Gasteiger partial charge in [0, 0.05) is 17.9 Å². The van der Waals surface area contributed by atoms with Gasteiger partial charge >= 0.3 is 5.97 Å². The van der Waals surface area contributed by atoms with Crippen molar-refractivity contribution in [2.45, 2.75) is 19.8 Å². The van der Waals surface area contributed by atoms with Crippen LogP contribution in [0.3, 0.4) is 0 Å². The summed E-state index contributed by atoms with van der Waals surface area (Å²) in [5, 5.41) is 8.97. The summed E-state index contributed by atoms with van der Waals surface area (Å²) in [6.07, 6.45) is 5.04. The van der Waals surface area contributed by atoms with Gasteiger partial charge in [-0.15, -0.1) is 0 Å². The Morgan fingerprint density at radius 1 is 1.53 bits per heavy atom. The molecular formula is C14H16O5. The van der Waals surface area contributed by atoms with E-state index >= 15 is 0 Å². The van der Waals surface area contributed by atoms with Crippen molar-refractivity contribution in [2.75, 3.05) is 7.11 Å². The minimum Gasteiger partial charge on any atom is -0.493 e. The first kappa shape index (κ1) is 13.5. The van der Waals surface area contributed by atoms with E-state index in [0.29, 0.717) is 6.42 Å². The van der Waals surface area contributed by atoms with E-state index in [2.05, 4.69) is 0 Å². The van der Waals surface area contributed by atoms with Crippen LogP contribution in [0.2, 0.25) is 0 Å². The van der Waals surface area contributed by atoms with E-state index in [1.54, 1.807) is 19.1 Å². The number of carboxylic acids is 1. The van der Waals surface area contributed by atoms with Gasteiger partial charge in [-0.1, -0.05) is 19.1 Å². The van der Waals surface area contributed by atoms with Crippen LogP contribution < -0.4 is 0 Å². The van der Waals surface area contributed by atoms with Gasteiger partial charge in [-0.3, -0.25) is 14.4 Å². The van der Waals surface area contributed by atoms with E-state index in [9.17, 15) is 14.4 Å². The third-order valence-electron chi connectivity index (χ3n) is 4.18. The van der Waals surface area contributed by atoms with Crippen molar-refractivity contribution < 1.29 is 24.2 Å². The molecule has 0 radical (unpaired) electrons. The van der Waals surface area contributed by atoms with Gasteiger partial charge in [0.05, 0.1) is 18.9 Å². The number of carbonyl (C=O) groups excluding carboxylic acids is 2. The quantitative estimate of drug-likeness (QED) is 0.778. The molecule has 0 heterocycles. The van der Waals surface area contributed by atoms with Crippen LogP contribution in [-0.4, -0.2) is 29.8 Å². The van der Waals surface area contributed by atoms with Crippen molar-refractivity contribution in [3.05, 3.63) is 24.0 Å². The molecule has 0 spiro atoms. The van der Waals surface area contributed by atoms with E-state index in [0.717, 1.165) is 0 Å². The van der Waals surface area contributed by atoms with E-state index in [1.807, 2.05) is 0 Å². The highest BCUT2D eigenvalue weighted by Crippen LogP contribution is 2.48. The number of rotatable bonds is 3. The molecule has 0 unspecified atom stereocenters. The summed E-state index contributed by atoms with van der Waals surface area (Å²) in [6.45, 7) is 1.67. The summed E-state index contributed by atoms with van der Waals surface area (Å²) >= 11 is 0. The van der Waals surface area contributed by atoms with Gasteiger partial charge in [0.2, 0.25) is 5.78 Å². The maximum Gasteiger partial charge on any atom is 0.303 e. The topological polar surface area (TPSA) is 80.7 Å². The number of carboxylic acid groups (broad SMARTS) is 1. The molecule has 0 aliphatic heterocycles. The SMILES string of the molecule is COC1=CC(=O)[C@@H]2CC=C[C@H](CC(=O)O)[C@]2(C)C1=O. The fourth-order valence-corrected chi connectivity index (χ4v) is 3.00. The highest BCUT2D eigenvalue weighted by molar-refractivity contribution is 6.12. The van der Waals surface area contributed by atoms with Gasteiger partial charge in [-0.2, -0.15) is 0 Å². The summed E-state index contributed by atoms with van der Waals surface area (Å²) in [6, 6.07) is 0. The van der Waals surface area contributed by atoms with Crippen molar-refractivity contribution in [1.29, 1.82) is 0 Å². The number of methoxy groups -OCH3 is 1. The van der Waals surface area contributed by atoms with Gasteiger partial charge in [0.15, 0.2) is 11.5 Å². The van der Waals surface area contributed by atoms with Crippen molar-refractivity contribution >= 4 is 17.5 Å². The number of Topliss-reactive ketones (excluding diaryl/α,β-unsaturated/α-hetero) is 1. The molecule has 0 aromatic rings. The third kappa shape index (κ3) is 1.99. The monoisotopic (exact) mass is 264 g/mol. The van der Waals surface area contributed by atoms with Crippen LogP contribution in [0.5, 0.6) is 0 Å². The van der Waals surface area contributed by atoms with Crippen LogP contribution in [0, 0.1) is 17.3 Å². The number of allylic oxidation sites excluding steroid dienone is 4. The van der Waals surface area contributed by atoms with Gasteiger partial charge in [-0.05, 0) is 6.42 Å². The van der Waals surface area contributed by atoms with Gasteiger partial charge in [0.25, 0.3) is 0 Å². The number of fused-ring (bicyclic) bond motifs is 1. The summed E-state index contributed by atoms with van der Waals surface area (Å²) < 4.78 is 4.96. The lowest BCUT2D eigenvalue weighted by molar-refractivity contribution is -0.146. The number of aliphatic carboxylic acids is 1. The lowest BCUT2D eigenvalue weighted by Crippen LogP contribution is -2.50. The fourth-order valence-electron chi connectivity index (χ4n) is 3.00. The average molecular weight is 264 g/mol. The molecule has 0 aromatic carbocycles. The number of ether oxygens (including phenoxy) is 1. The molecule has 2 aliphatic carbocycles. The molecule has 19 heavy (non-hydrogen) atoms. The van der Waals surface area contributed by atoms with Crippen LogP contribution in [0.1, 0.15) is 19.8 Å². The zero-order valence-electron chi connectivity index (χ0n) is 10.9. The van der Waals surface area contributed by atoms with Crippen molar-refractivity contribution in [3.63, 3.8) is 0 Å². The van der Waals surface area contributed by atoms with Crippen LogP contribution in [0.25, 0.3) is 0 Å². The minimum absolute atomic E-state index is 0.0226. The molecule has 0 amide bonds. The van der Waals surface area contributed by atoms with Crippen molar-refractivity contribution in [3.8, 4) is 0 Å². The molecule has 2 aliphatic rings. The van der Waals surface area contributed by atoms with Crippen molar-refractivity contribution in [1.82, 2.24) is 0 Å². The number of ketones is 2. The number of carbonyl (C=O) groups is 3. The number of hydrogen-bond acceptors (Lipinski definition) is 4. The molecule has 5 nitrogen and oxygen atoms in total. The smallest absolute Gasteiger partial charge is 0.303 e. The second kappa shape index (κ2) is 4.64. The Bertz CT molecular complexity index is 502. The molecule has 5 heteroatoms. The van der Waals surface area contributed by atoms with Crippen LogP contribution >= 0.6 is 0 Å². The highest BCUT2D eigenvalue weighted by Gasteiger charge is 2.54. The Labute approximate surface area is 110 Å². The average Bonchev–Trinajstić information content (AvgIpc) is 2.35. The third-order valence-corrected chi connectivity index (χ3v) is 4.18. The van der Waals surface area contributed by atoms with Gasteiger partial charge in [-0.25, -0.2) is 0 Å². The minimum atomic E-state index is -1.02. The normalized spacial score (nSPS) is 33.7. The molecule has 0 bridgehead atoms. The van der Waals surface area contributed by atoms with Crippen molar-refractivity contribution in [2.24, 2.45) is 17.3 Å². The molecule has 0 saturated heterocycles. The maximum absolute atomic E-state index is 12.5. The molecule has 102 valence electrons.